The quantitative estimate of drug-likeness (QED) is 0.0996. The number of aldehydes is 1. The van der Waals surface area contributed by atoms with E-state index in [0.29, 0.717) is 72.4 Å². The van der Waals surface area contributed by atoms with Gasteiger partial charge < -0.3 is 47.4 Å². The molecule has 60 heavy (non-hydrogen) atoms. The molecule has 0 atom stereocenters. The van der Waals surface area contributed by atoms with Crippen LogP contribution in [0.3, 0.4) is 0 Å². The van der Waals surface area contributed by atoms with Crippen LogP contribution in [0.15, 0.2) is 88.5 Å². The molecule has 0 aliphatic carbocycles. The number of pyridine rings is 2. The third-order valence-electron chi connectivity index (χ3n) is 10.3. The van der Waals surface area contributed by atoms with E-state index in [1.807, 2.05) is 68.1 Å². The number of likely N-dealkylation sites (tertiary alicyclic amines) is 1. The molecule has 0 bridgehead atoms. The molecule has 1 fully saturated rings. The van der Waals surface area contributed by atoms with Gasteiger partial charge in [-0.1, -0.05) is 42.5 Å². The lowest BCUT2D eigenvalue weighted by Gasteiger charge is -2.39. The van der Waals surface area contributed by atoms with Crippen molar-refractivity contribution in [2.75, 3.05) is 47.1 Å². The molecular weight excluding hydrogens is 773 g/mol. The summed E-state index contributed by atoms with van der Waals surface area (Å²) in [5, 5.41) is 1.28. The smallest absolute Gasteiger partial charge is 0.410 e. The minimum atomic E-state index is -0.609. The van der Waals surface area contributed by atoms with E-state index < -0.39 is 23.1 Å². The molecule has 3 aromatic carbocycles. The first-order valence-corrected chi connectivity index (χ1v) is 19.8. The first-order chi connectivity index (χ1) is 28.8. The predicted octanol–water partition coefficient (Wildman–Crippen LogP) is 5.45. The van der Waals surface area contributed by atoms with Crippen LogP contribution >= 0.6 is 0 Å². The number of hydrogen-bond donors (Lipinski definition) is 0. The van der Waals surface area contributed by atoms with Crippen LogP contribution in [0.2, 0.25) is 0 Å². The molecule has 1 saturated heterocycles. The summed E-state index contributed by atoms with van der Waals surface area (Å²) >= 11 is 0. The minimum absolute atomic E-state index is 0.00666. The van der Waals surface area contributed by atoms with Crippen LogP contribution in [0.5, 0.6) is 11.5 Å². The average Bonchev–Trinajstić information content (AvgIpc) is 3.25. The highest BCUT2D eigenvalue weighted by molar-refractivity contribution is 6.04. The van der Waals surface area contributed by atoms with Crippen molar-refractivity contribution in [2.24, 2.45) is 0 Å². The summed E-state index contributed by atoms with van der Waals surface area (Å²) in [7, 11) is 2.57. The first-order valence-electron chi connectivity index (χ1n) is 19.8. The minimum Gasteiger partial charge on any atom is -0.486 e. The maximum Gasteiger partial charge on any atom is 0.410 e. The number of aromatic nitrogens is 2. The van der Waals surface area contributed by atoms with E-state index in [9.17, 15) is 28.8 Å². The monoisotopic (exact) mass is 822 g/mol. The van der Waals surface area contributed by atoms with E-state index in [1.54, 1.807) is 28.8 Å². The fraction of sp³-hybridized carbons (Fsp3) is 0.378. The van der Waals surface area contributed by atoms with E-state index >= 15 is 0 Å². The Morgan fingerprint density at radius 3 is 1.87 bits per heavy atom. The molecule has 1 amide bonds. The number of carbonyl (C=O) groups is 4. The van der Waals surface area contributed by atoms with Gasteiger partial charge in [-0.25, -0.2) is 14.4 Å². The zero-order chi connectivity index (χ0) is 43.0. The zero-order valence-corrected chi connectivity index (χ0v) is 34.5. The van der Waals surface area contributed by atoms with E-state index in [4.69, 9.17) is 18.9 Å². The molecule has 0 saturated carbocycles. The highest BCUT2D eigenvalue weighted by Gasteiger charge is 2.32. The van der Waals surface area contributed by atoms with Crippen LogP contribution in [0.25, 0.3) is 21.8 Å². The summed E-state index contributed by atoms with van der Waals surface area (Å²) in [6.45, 7) is 9.72. The molecule has 5 aromatic rings. The lowest BCUT2D eigenvalue weighted by atomic mass is 10.0. The third kappa shape index (κ3) is 10.0. The van der Waals surface area contributed by atoms with Crippen molar-refractivity contribution >= 4 is 46.1 Å². The number of esters is 2. The van der Waals surface area contributed by atoms with Crippen molar-refractivity contribution in [3.8, 4) is 11.5 Å². The predicted molar refractivity (Wildman–Crippen MR) is 224 cm³/mol. The second-order valence-electron chi connectivity index (χ2n) is 15.4. The number of piperidine rings is 1. The van der Waals surface area contributed by atoms with E-state index in [1.165, 1.54) is 30.9 Å². The van der Waals surface area contributed by atoms with Crippen molar-refractivity contribution in [1.29, 1.82) is 0 Å². The summed E-state index contributed by atoms with van der Waals surface area (Å²) < 4.78 is 29.8. The first kappa shape index (κ1) is 43.1. The maximum atomic E-state index is 13.4. The number of fused-ring (bicyclic) bond motifs is 3. The number of nitrogens with zero attached hydrogens (tertiary/aromatic N) is 4. The summed E-state index contributed by atoms with van der Waals surface area (Å²) in [5.74, 6) is 0.318. The van der Waals surface area contributed by atoms with Gasteiger partial charge in [0.2, 0.25) is 0 Å². The standard InChI is InChI=1S/C32H39N3O7.C13H11NO4/c1-32(2,3)42-31(38)35(21-22-9-10-27-28(19-22)41-18-17-40-27)23-11-13-33(14-12-23)15-16-34-26-8-6-5-7-24(26)25(20-29(34)36)30(37)39-4;1-18-13(17)10-8-12(16)14(6-7-15)11-5-3-2-4-9(10)11/h5-10,19-20,23H,11-18,21H2,1-4H3;2-5,7-8H,6H2,1H3. The van der Waals surface area contributed by atoms with Crippen LogP contribution in [0.1, 0.15) is 59.9 Å². The molecule has 0 spiro atoms. The number of para-hydroxylation sites is 2. The average molecular weight is 823 g/mol. The molecule has 15 nitrogen and oxygen atoms in total. The second-order valence-corrected chi connectivity index (χ2v) is 15.4. The Morgan fingerprint density at radius 1 is 0.750 bits per heavy atom. The number of benzene rings is 3. The van der Waals surface area contributed by atoms with Crippen LogP contribution in [-0.2, 0) is 38.6 Å². The normalized spacial score (nSPS) is 14.2. The van der Waals surface area contributed by atoms with Gasteiger partial charge in [0.15, 0.2) is 11.5 Å². The van der Waals surface area contributed by atoms with Gasteiger partial charge in [-0.2, -0.15) is 0 Å². The molecule has 15 heteroatoms. The van der Waals surface area contributed by atoms with Crippen molar-refractivity contribution in [2.45, 2.75) is 64.9 Å². The molecule has 4 heterocycles. The largest absolute Gasteiger partial charge is 0.486 e. The van der Waals surface area contributed by atoms with Gasteiger partial charge in [0.25, 0.3) is 11.1 Å². The summed E-state index contributed by atoms with van der Waals surface area (Å²) in [6, 6.07) is 22.6. The summed E-state index contributed by atoms with van der Waals surface area (Å²) in [6.07, 6.45) is 1.87. The van der Waals surface area contributed by atoms with Crippen LogP contribution in [0.4, 0.5) is 4.79 Å². The second kappa shape index (κ2) is 19.1. The third-order valence-corrected chi connectivity index (χ3v) is 10.3. The van der Waals surface area contributed by atoms with Crippen molar-refractivity contribution < 1.29 is 42.9 Å². The Kier molecular flexibility index (Phi) is 13.7. The number of methoxy groups -OCH3 is 2. The van der Waals surface area contributed by atoms with E-state index in [0.717, 1.165) is 31.5 Å². The Morgan fingerprint density at radius 2 is 1.30 bits per heavy atom. The van der Waals surface area contributed by atoms with Crippen molar-refractivity contribution in [3.63, 3.8) is 0 Å². The van der Waals surface area contributed by atoms with Gasteiger partial charge in [0, 0.05) is 61.7 Å². The van der Waals surface area contributed by atoms with Crippen LogP contribution in [0, 0.1) is 0 Å². The van der Waals surface area contributed by atoms with Crippen molar-refractivity contribution in [1.82, 2.24) is 18.9 Å². The summed E-state index contributed by atoms with van der Waals surface area (Å²) in [5.41, 5.74) is 1.43. The van der Waals surface area contributed by atoms with Gasteiger partial charge in [-0.3, -0.25) is 9.59 Å². The molecule has 0 N–H and O–H groups in total. The molecule has 2 aliphatic rings. The molecule has 7 rings (SSSR count). The Hall–Kier alpha value is -6.48. The molecule has 316 valence electrons. The Bertz CT molecular complexity index is 2500. The highest BCUT2D eigenvalue weighted by atomic mass is 16.6. The van der Waals surface area contributed by atoms with Gasteiger partial charge >= 0.3 is 18.0 Å². The maximum absolute atomic E-state index is 13.4. The summed E-state index contributed by atoms with van der Waals surface area (Å²) in [4.78, 5) is 76.8. The van der Waals surface area contributed by atoms with Crippen molar-refractivity contribution in [3.05, 3.63) is 116 Å². The molecule has 0 radical (unpaired) electrons. The Balaban J connectivity index is 0.000000279. The molecule has 2 aromatic heterocycles. The van der Waals surface area contributed by atoms with E-state index in [2.05, 4.69) is 9.64 Å². The zero-order valence-electron chi connectivity index (χ0n) is 34.5. The van der Waals surface area contributed by atoms with E-state index in [-0.39, 0.29) is 35.4 Å². The van der Waals surface area contributed by atoms with Gasteiger partial charge in [0.1, 0.15) is 25.1 Å². The molecular formula is C45H50N4O11. The number of hydrogen-bond acceptors (Lipinski definition) is 12. The SMILES string of the molecule is COC(=O)c1cc(=O)n(CC=O)c2ccccc12.COC(=O)c1cc(=O)n(CCN2CCC(N(Cc3ccc4c(c3)OCCO4)C(=O)OC(C)(C)C)CC2)c2ccccc12. The Labute approximate surface area is 346 Å². The van der Waals surface area contributed by atoms with Gasteiger partial charge in [-0.15, -0.1) is 0 Å². The fourth-order valence-corrected chi connectivity index (χ4v) is 7.46. The number of carbonyl (C=O) groups excluding carboxylic acids is 4. The number of rotatable bonds is 10. The van der Waals surface area contributed by atoms with Gasteiger partial charge in [-0.05, 0) is 63.4 Å². The molecule has 2 aliphatic heterocycles. The number of amides is 1. The van der Waals surface area contributed by atoms with Gasteiger partial charge in [0.05, 0.1) is 42.9 Å². The lowest BCUT2D eigenvalue weighted by Crippen LogP contribution is -2.49. The van der Waals surface area contributed by atoms with Crippen LogP contribution in [-0.4, -0.2) is 102 Å². The number of ether oxygens (including phenoxy) is 5. The van der Waals surface area contributed by atoms with Crippen LogP contribution < -0.4 is 20.6 Å². The highest BCUT2D eigenvalue weighted by Crippen LogP contribution is 2.32. The topological polar surface area (TPSA) is 165 Å². The molecule has 0 unspecified atom stereocenters. The lowest BCUT2D eigenvalue weighted by molar-refractivity contribution is -0.108. The fourth-order valence-electron chi connectivity index (χ4n) is 7.46.